The fourth-order valence-corrected chi connectivity index (χ4v) is 3.50. The molecule has 0 spiro atoms. The average molecular weight is 317 g/mol. The number of ether oxygens (including phenoxy) is 1. The number of halogens is 1. The van der Waals surface area contributed by atoms with E-state index in [1.807, 2.05) is 4.90 Å². The molecule has 122 valence electrons. The van der Waals surface area contributed by atoms with E-state index in [2.05, 4.69) is 11.0 Å². The Morgan fingerprint density at radius 3 is 3.04 bits per heavy atom. The van der Waals surface area contributed by atoms with Crippen LogP contribution in [0.1, 0.15) is 24.5 Å². The molecule has 0 aliphatic carbocycles. The number of fused-ring (bicyclic) bond motifs is 1. The Kier molecular flexibility index (Phi) is 4.60. The van der Waals surface area contributed by atoms with E-state index in [1.54, 1.807) is 13.0 Å². The van der Waals surface area contributed by atoms with Crippen molar-refractivity contribution in [3.8, 4) is 6.07 Å². The SMILES string of the molecule is CC(=O)N1CCOC2CCN(Cc3ccc(F)cc3C#N)CC21. The van der Waals surface area contributed by atoms with Crippen molar-refractivity contribution in [1.82, 2.24) is 9.80 Å². The Labute approximate surface area is 135 Å². The van der Waals surface area contributed by atoms with Crippen molar-refractivity contribution in [3.05, 3.63) is 35.1 Å². The number of carbonyl (C=O) groups is 1. The van der Waals surface area contributed by atoms with Crippen LogP contribution in [0.25, 0.3) is 0 Å². The summed E-state index contributed by atoms with van der Waals surface area (Å²) in [5.74, 6) is -0.322. The van der Waals surface area contributed by atoms with Crippen LogP contribution in [-0.2, 0) is 16.1 Å². The topological polar surface area (TPSA) is 56.6 Å². The van der Waals surface area contributed by atoms with E-state index in [0.29, 0.717) is 31.8 Å². The van der Waals surface area contributed by atoms with E-state index in [-0.39, 0.29) is 18.1 Å². The van der Waals surface area contributed by atoms with Gasteiger partial charge in [0.15, 0.2) is 0 Å². The number of piperidine rings is 1. The van der Waals surface area contributed by atoms with Crippen molar-refractivity contribution in [2.45, 2.75) is 32.0 Å². The highest BCUT2D eigenvalue weighted by Crippen LogP contribution is 2.25. The summed E-state index contributed by atoms with van der Waals surface area (Å²) < 4.78 is 19.0. The molecule has 2 aliphatic heterocycles. The molecule has 0 N–H and O–H groups in total. The minimum absolute atomic E-state index is 0.0565. The molecule has 23 heavy (non-hydrogen) atoms. The predicted octanol–water partition coefficient (Wildman–Crippen LogP) is 1.52. The summed E-state index contributed by atoms with van der Waals surface area (Å²) in [5.41, 5.74) is 1.19. The molecule has 0 aromatic heterocycles. The lowest BCUT2D eigenvalue weighted by atomic mass is 9.97. The van der Waals surface area contributed by atoms with E-state index in [1.165, 1.54) is 12.1 Å². The monoisotopic (exact) mass is 317 g/mol. The Morgan fingerprint density at radius 2 is 2.30 bits per heavy atom. The van der Waals surface area contributed by atoms with Gasteiger partial charge in [0.2, 0.25) is 5.91 Å². The zero-order valence-corrected chi connectivity index (χ0v) is 13.2. The number of carbonyl (C=O) groups excluding carboxylic acids is 1. The summed E-state index contributed by atoms with van der Waals surface area (Å²) in [4.78, 5) is 15.9. The van der Waals surface area contributed by atoms with Gasteiger partial charge in [-0.05, 0) is 24.1 Å². The zero-order valence-electron chi connectivity index (χ0n) is 13.2. The van der Waals surface area contributed by atoms with Gasteiger partial charge in [-0.2, -0.15) is 5.26 Å². The molecule has 5 nitrogen and oxygen atoms in total. The van der Waals surface area contributed by atoms with Crippen LogP contribution in [0.4, 0.5) is 4.39 Å². The normalized spacial score (nSPS) is 24.8. The average Bonchev–Trinajstić information content (AvgIpc) is 2.55. The standard InChI is InChI=1S/C17H20FN3O2/c1-12(22)21-6-7-23-17-4-5-20(11-16(17)21)10-13-2-3-15(18)8-14(13)9-19/h2-3,8,16-17H,4-7,10-11H2,1H3. The molecule has 0 bridgehead atoms. The quantitative estimate of drug-likeness (QED) is 0.830. The predicted molar refractivity (Wildman–Crippen MR) is 81.9 cm³/mol. The van der Waals surface area contributed by atoms with Gasteiger partial charge in [0.25, 0.3) is 0 Å². The second kappa shape index (κ2) is 6.65. The fourth-order valence-electron chi connectivity index (χ4n) is 3.50. The molecular weight excluding hydrogens is 297 g/mol. The van der Waals surface area contributed by atoms with Crippen molar-refractivity contribution in [3.63, 3.8) is 0 Å². The molecule has 2 aliphatic rings. The molecule has 0 saturated carbocycles. The molecule has 2 saturated heterocycles. The summed E-state index contributed by atoms with van der Waals surface area (Å²) in [6.45, 7) is 4.95. The van der Waals surface area contributed by atoms with Crippen molar-refractivity contribution < 1.29 is 13.9 Å². The maximum absolute atomic E-state index is 13.2. The third-order valence-electron chi connectivity index (χ3n) is 4.66. The summed E-state index contributed by atoms with van der Waals surface area (Å²) >= 11 is 0. The van der Waals surface area contributed by atoms with Gasteiger partial charge in [-0.15, -0.1) is 0 Å². The second-order valence-electron chi connectivity index (χ2n) is 6.13. The summed E-state index contributed by atoms with van der Waals surface area (Å²) in [5, 5.41) is 9.17. The van der Waals surface area contributed by atoms with Gasteiger partial charge in [-0.3, -0.25) is 9.69 Å². The maximum atomic E-state index is 13.2. The third kappa shape index (κ3) is 3.36. The van der Waals surface area contributed by atoms with Gasteiger partial charge < -0.3 is 9.64 Å². The van der Waals surface area contributed by atoms with Crippen LogP contribution < -0.4 is 0 Å². The molecule has 1 aromatic carbocycles. The third-order valence-corrected chi connectivity index (χ3v) is 4.66. The van der Waals surface area contributed by atoms with E-state index in [9.17, 15) is 9.18 Å². The van der Waals surface area contributed by atoms with Crippen LogP contribution in [0.15, 0.2) is 18.2 Å². The molecule has 2 heterocycles. The Morgan fingerprint density at radius 1 is 1.48 bits per heavy atom. The molecule has 6 heteroatoms. The summed E-state index contributed by atoms with van der Waals surface area (Å²) in [6.07, 6.45) is 0.949. The molecule has 2 fully saturated rings. The number of hydrogen-bond acceptors (Lipinski definition) is 4. The lowest BCUT2D eigenvalue weighted by molar-refractivity contribution is -0.150. The zero-order chi connectivity index (χ0) is 16.4. The Bertz CT molecular complexity index is 643. The number of rotatable bonds is 2. The smallest absolute Gasteiger partial charge is 0.219 e. The van der Waals surface area contributed by atoms with Crippen LogP contribution in [0.2, 0.25) is 0 Å². The van der Waals surface area contributed by atoms with Crippen molar-refractivity contribution in [2.75, 3.05) is 26.2 Å². The maximum Gasteiger partial charge on any atom is 0.219 e. The van der Waals surface area contributed by atoms with Gasteiger partial charge in [-0.25, -0.2) is 4.39 Å². The number of morpholine rings is 1. The molecule has 0 radical (unpaired) electrons. The minimum atomic E-state index is -0.396. The van der Waals surface area contributed by atoms with Crippen LogP contribution >= 0.6 is 0 Å². The lowest BCUT2D eigenvalue weighted by Gasteiger charge is -2.46. The van der Waals surface area contributed by atoms with Gasteiger partial charge in [0.05, 0.1) is 30.4 Å². The highest BCUT2D eigenvalue weighted by atomic mass is 19.1. The Balaban J connectivity index is 1.73. The van der Waals surface area contributed by atoms with Crippen LogP contribution in [0.3, 0.4) is 0 Å². The van der Waals surface area contributed by atoms with Gasteiger partial charge in [-0.1, -0.05) is 6.07 Å². The first kappa shape index (κ1) is 15.9. The number of hydrogen-bond donors (Lipinski definition) is 0. The highest BCUT2D eigenvalue weighted by molar-refractivity contribution is 5.73. The number of nitriles is 1. The fraction of sp³-hybridized carbons (Fsp3) is 0.529. The highest BCUT2D eigenvalue weighted by Gasteiger charge is 2.38. The van der Waals surface area contributed by atoms with E-state index < -0.39 is 5.82 Å². The molecule has 1 aromatic rings. The van der Waals surface area contributed by atoms with Gasteiger partial charge in [0, 0.05) is 33.1 Å². The molecule has 3 rings (SSSR count). The largest absolute Gasteiger partial charge is 0.374 e. The van der Waals surface area contributed by atoms with E-state index in [0.717, 1.165) is 18.5 Å². The number of amides is 1. The van der Waals surface area contributed by atoms with Crippen molar-refractivity contribution in [1.29, 1.82) is 5.26 Å². The molecular formula is C17H20FN3O2. The van der Waals surface area contributed by atoms with Crippen LogP contribution in [0, 0.1) is 17.1 Å². The van der Waals surface area contributed by atoms with Crippen LogP contribution in [0.5, 0.6) is 0 Å². The van der Waals surface area contributed by atoms with Crippen molar-refractivity contribution >= 4 is 5.91 Å². The van der Waals surface area contributed by atoms with E-state index in [4.69, 9.17) is 10.00 Å². The van der Waals surface area contributed by atoms with E-state index >= 15 is 0 Å². The summed E-state index contributed by atoms with van der Waals surface area (Å²) in [6, 6.07) is 6.43. The van der Waals surface area contributed by atoms with Crippen molar-refractivity contribution in [2.24, 2.45) is 0 Å². The van der Waals surface area contributed by atoms with Crippen LogP contribution in [-0.4, -0.2) is 54.1 Å². The first-order chi connectivity index (χ1) is 11.1. The number of likely N-dealkylation sites (tertiary alicyclic amines) is 1. The minimum Gasteiger partial charge on any atom is -0.374 e. The molecule has 1 amide bonds. The molecule has 2 atom stereocenters. The molecule has 2 unspecified atom stereocenters. The van der Waals surface area contributed by atoms with Gasteiger partial charge >= 0.3 is 0 Å². The first-order valence-corrected chi connectivity index (χ1v) is 7.88. The number of nitrogens with zero attached hydrogens (tertiary/aromatic N) is 3. The lowest BCUT2D eigenvalue weighted by Crippen LogP contribution is -2.60. The summed E-state index contributed by atoms with van der Waals surface area (Å²) in [7, 11) is 0. The van der Waals surface area contributed by atoms with Gasteiger partial charge in [0.1, 0.15) is 5.82 Å². The number of benzene rings is 1. The second-order valence-corrected chi connectivity index (χ2v) is 6.13. The first-order valence-electron chi connectivity index (χ1n) is 7.88. The Hall–Kier alpha value is -1.97.